The highest BCUT2D eigenvalue weighted by Gasteiger charge is 2.37. The molecule has 1 aliphatic rings. The fraction of sp³-hybridized carbons (Fsp3) is 0.345. The molecule has 0 bridgehead atoms. The molecule has 3 amide bonds. The second kappa shape index (κ2) is 11.4. The summed E-state index contributed by atoms with van der Waals surface area (Å²) in [5, 5.41) is 8.03. The van der Waals surface area contributed by atoms with Gasteiger partial charge in [-0.25, -0.2) is 0 Å². The maximum absolute atomic E-state index is 14.0. The molecule has 7 heteroatoms. The van der Waals surface area contributed by atoms with Crippen molar-refractivity contribution in [1.82, 2.24) is 20.4 Å². The number of hydrogen-bond donors (Lipinski definition) is 2. The van der Waals surface area contributed by atoms with Crippen LogP contribution in [0.4, 0.5) is 0 Å². The van der Waals surface area contributed by atoms with Crippen LogP contribution in [-0.2, 0) is 27.2 Å². The van der Waals surface area contributed by atoms with Crippen LogP contribution in [-0.4, -0.2) is 73.8 Å². The second-order valence-electron chi connectivity index (χ2n) is 9.47. The summed E-state index contributed by atoms with van der Waals surface area (Å²) in [5.74, 6) is -0.681. The van der Waals surface area contributed by atoms with E-state index in [-0.39, 0.29) is 23.6 Å². The maximum atomic E-state index is 14.0. The van der Waals surface area contributed by atoms with Crippen LogP contribution in [0.2, 0.25) is 0 Å². The summed E-state index contributed by atoms with van der Waals surface area (Å²) < 4.78 is 0. The van der Waals surface area contributed by atoms with Gasteiger partial charge in [-0.2, -0.15) is 0 Å². The van der Waals surface area contributed by atoms with Crippen LogP contribution in [0.15, 0.2) is 72.8 Å². The number of nitrogens with zero attached hydrogens (tertiary/aromatic N) is 2. The first-order chi connectivity index (χ1) is 17.4. The number of benzene rings is 3. The molecule has 0 aliphatic carbocycles. The molecule has 1 heterocycles. The maximum Gasteiger partial charge on any atom is 0.246 e. The second-order valence-corrected chi connectivity index (χ2v) is 9.47. The standard InChI is InChI=1S/C29H34N4O3/c1-30-27(34)25(16-20-9-5-4-6-10-20)32(2)29(36)26(33(3)28(35)24-18-31-19-24)17-21-13-14-22-11-7-8-12-23(22)15-21/h4-15,24-26,31H,16-19H2,1-3H3,(H,30,34)/t25-,26-/m1/s1. The van der Waals surface area contributed by atoms with E-state index in [9.17, 15) is 14.4 Å². The summed E-state index contributed by atoms with van der Waals surface area (Å²) in [6.07, 6.45) is 0.748. The molecule has 188 valence electrons. The number of likely N-dealkylation sites (N-methyl/N-ethyl adjacent to an activating group) is 3. The molecule has 1 aliphatic heterocycles. The molecule has 3 aromatic carbocycles. The van der Waals surface area contributed by atoms with E-state index >= 15 is 0 Å². The Balaban J connectivity index is 1.63. The Kier molecular flexibility index (Phi) is 8.00. The van der Waals surface area contributed by atoms with E-state index in [2.05, 4.69) is 16.7 Å². The molecule has 0 aromatic heterocycles. The average molecular weight is 487 g/mol. The molecule has 0 radical (unpaired) electrons. The van der Waals surface area contributed by atoms with E-state index in [1.54, 1.807) is 26.0 Å². The lowest BCUT2D eigenvalue weighted by atomic mass is 9.96. The molecule has 2 atom stereocenters. The van der Waals surface area contributed by atoms with E-state index in [4.69, 9.17) is 0 Å². The molecule has 0 saturated carbocycles. The van der Waals surface area contributed by atoms with Crippen molar-refractivity contribution in [3.63, 3.8) is 0 Å². The highest BCUT2D eigenvalue weighted by molar-refractivity contribution is 5.93. The number of fused-ring (bicyclic) bond motifs is 1. The molecule has 0 spiro atoms. The average Bonchev–Trinajstić information content (AvgIpc) is 2.88. The Labute approximate surface area is 212 Å². The first-order valence-electron chi connectivity index (χ1n) is 12.4. The van der Waals surface area contributed by atoms with Crippen LogP contribution >= 0.6 is 0 Å². The molecule has 4 rings (SSSR count). The first-order valence-corrected chi connectivity index (χ1v) is 12.4. The van der Waals surface area contributed by atoms with E-state index in [0.29, 0.717) is 25.9 Å². The topological polar surface area (TPSA) is 81.8 Å². The van der Waals surface area contributed by atoms with Crippen molar-refractivity contribution in [3.8, 4) is 0 Å². The third kappa shape index (κ3) is 5.57. The van der Waals surface area contributed by atoms with Gasteiger partial charge in [0.05, 0.1) is 5.92 Å². The third-order valence-corrected chi connectivity index (χ3v) is 7.11. The predicted octanol–water partition coefficient (Wildman–Crippen LogP) is 2.24. The fourth-order valence-corrected chi connectivity index (χ4v) is 4.68. The quantitative estimate of drug-likeness (QED) is 0.486. The molecule has 2 N–H and O–H groups in total. The Hall–Kier alpha value is -3.71. The Morgan fingerprint density at radius 1 is 0.833 bits per heavy atom. The van der Waals surface area contributed by atoms with Crippen LogP contribution in [0, 0.1) is 5.92 Å². The zero-order valence-electron chi connectivity index (χ0n) is 21.1. The minimum atomic E-state index is -0.729. The minimum Gasteiger partial charge on any atom is -0.357 e. The monoisotopic (exact) mass is 486 g/mol. The summed E-state index contributed by atoms with van der Waals surface area (Å²) in [4.78, 5) is 43.1. The summed E-state index contributed by atoms with van der Waals surface area (Å²) in [7, 11) is 4.93. The zero-order chi connectivity index (χ0) is 25.7. The van der Waals surface area contributed by atoms with Crippen LogP contribution in [0.1, 0.15) is 11.1 Å². The molecular formula is C29H34N4O3. The summed E-state index contributed by atoms with van der Waals surface area (Å²) in [6, 6.07) is 22.4. The van der Waals surface area contributed by atoms with Crippen LogP contribution in [0.25, 0.3) is 10.8 Å². The van der Waals surface area contributed by atoms with Gasteiger partial charge in [-0.1, -0.05) is 72.8 Å². The van der Waals surface area contributed by atoms with E-state index in [1.165, 1.54) is 4.90 Å². The predicted molar refractivity (Wildman–Crippen MR) is 141 cm³/mol. The van der Waals surface area contributed by atoms with Gasteiger partial charge in [-0.15, -0.1) is 0 Å². The summed E-state index contributed by atoms with van der Waals surface area (Å²) in [6.45, 7) is 1.23. The SMILES string of the molecule is CNC(=O)[C@@H](Cc1ccccc1)N(C)C(=O)[C@@H](Cc1ccc2ccccc2c1)N(C)C(=O)C1CNC1. The smallest absolute Gasteiger partial charge is 0.246 e. The molecule has 1 saturated heterocycles. The van der Waals surface area contributed by atoms with Crippen molar-refractivity contribution in [2.45, 2.75) is 24.9 Å². The third-order valence-electron chi connectivity index (χ3n) is 7.11. The van der Waals surface area contributed by atoms with Gasteiger partial charge < -0.3 is 20.4 Å². The van der Waals surface area contributed by atoms with Gasteiger partial charge in [-0.3, -0.25) is 14.4 Å². The van der Waals surface area contributed by atoms with Gasteiger partial charge in [-0.05, 0) is 21.9 Å². The molecule has 0 unspecified atom stereocenters. The highest BCUT2D eigenvalue weighted by atomic mass is 16.2. The van der Waals surface area contributed by atoms with Crippen LogP contribution in [0.3, 0.4) is 0 Å². The molecular weight excluding hydrogens is 452 g/mol. The van der Waals surface area contributed by atoms with Gasteiger partial charge >= 0.3 is 0 Å². The van der Waals surface area contributed by atoms with Crippen molar-refractivity contribution < 1.29 is 14.4 Å². The van der Waals surface area contributed by atoms with Gasteiger partial charge in [0, 0.05) is 47.1 Å². The van der Waals surface area contributed by atoms with Crippen molar-refractivity contribution in [1.29, 1.82) is 0 Å². The van der Waals surface area contributed by atoms with Gasteiger partial charge in [0.1, 0.15) is 12.1 Å². The van der Waals surface area contributed by atoms with Gasteiger partial charge in [0.15, 0.2) is 0 Å². The number of carbonyl (C=O) groups is 3. The summed E-state index contributed by atoms with van der Waals surface area (Å²) >= 11 is 0. The number of nitrogens with one attached hydrogen (secondary N) is 2. The van der Waals surface area contributed by atoms with E-state index < -0.39 is 12.1 Å². The Morgan fingerprint density at radius 2 is 1.47 bits per heavy atom. The molecule has 3 aromatic rings. The normalized spacial score (nSPS) is 15.0. The van der Waals surface area contributed by atoms with Gasteiger partial charge in [0.2, 0.25) is 17.7 Å². The molecule has 7 nitrogen and oxygen atoms in total. The lowest BCUT2D eigenvalue weighted by molar-refractivity contribution is -0.149. The van der Waals surface area contributed by atoms with Crippen molar-refractivity contribution in [2.24, 2.45) is 5.92 Å². The van der Waals surface area contributed by atoms with Crippen LogP contribution in [0.5, 0.6) is 0 Å². The highest BCUT2D eigenvalue weighted by Crippen LogP contribution is 2.21. The lowest BCUT2D eigenvalue weighted by Gasteiger charge is -2.37. The Morgan fingerprint density at radius 3 is 2.11 bits per heavy atom. The first kappa shape index (κ1) is 25.4. The summed E-state index contributed by atoms with van der Waals surface area (Å²) in [5.41, 5.74) is 1.92. The minimum absolute atomic E-state index is 0.0548. The number of hydrogen-bond acceptors (Lipinski definition) is 4. The lowest BCUT2D eigenvalue weighted by Crippen LogP contribution is -2.59. The van der Waals surface area contributed by atoms with Crippen LogP contribution < -0.4 is 10.6 Å². The van der Waals surface area contributed by atoms with Crippen molar-refractivity contribution in [2.75, 3.05) is 34.2 Å². The zero-order valence-corrected chi connectivity index (χ0v) is 21.1. The Bertz CT molecular complexity index is 1230. The van der Waals surface area contributed by atoms with E-state index in [0.717, 1.165) is 21.9 Å². The molecule has 36 heavy (non-hydrogen) atoms. The molecule has 1 fully saturated rings. The number of amides is 3. The number of carbonyl (C=O) groups excluding carboxylic acids is 3. The fourth-order valence-electron chi connectivity index (χ4n) is 4.68. The largest absolute Gasteiger partial charge is 0.357 e. The van der Waals surface area contributed by atoms with E-state index in [1.807, 2.05) is 66.7 Å². The van der Waals surface area contributed by atoms with Crippen molar-refractivity contribution >= 4 is 28.5 Å². The van der Waals surface area contributed by atoms with Gasteiger partial charge in [0.25, 0.3) is 0 Å². The van der Waals surface area contributed by atoms with Crippen molar-refractivity contribution in [3.05, 3.63) is 83.9 Å². The number of rotatable bonds is 9.